The number of para-hydroxylation sites is 1. The molecule has 14 heavy (non-hydrogen) atoms. The van der Waals surface area contributed by atoms with Crippen LogP contribution in [0.3, 0.4) is 0 Å². The van der Waals surface area contributed by atoms with Gasteiger partial charge in [0.1, 0.15) is 0 Å². The van der Waals surface area contributed by atoms with Crippen LogP contribution in [0.1, 0.15) is 0 Å². The first-order valence-corrected chi connectivity index (χ1v) is 4.47. The zero-order valence-corrected chi connectivity index (χ0v) is 8.30. The Hall–Kier alpha value is -1.62. The van der Waals surface area contributed by atoms with Gasteiger partial charge in [-0.2, -0.15) is 0 Å². The van der Waals surface area contributed by atoms with Gasteiger partial charge in [-0.3, -0.25) is 4.79 Å². The molecule has 0 bridgehead atoms. The third-order valence-electron chi connectivity index (χ3n) is 1.48. The van der Waals surface area contributed by atoms with Crippen molar-refractivity contribution in [1.29, 1.82) is 0 Å². The fourth-order valence-electron chi connectivity index (χ4n) is 0.894. The van der Waals surface area contributed by atoms with Crippen molar-refractivity contribution < 1.29 is 4.79 Å². The van der Waals surface area contributed by atoms with Crippen LogP contribution in [0.15, 0.2) is 30.3 Å². The molecule has 4 nitrogen and oxygen atoms in total. The van der Waals surface area contributed by atoms with Crippen LogP contribution in [0.25, 0.3) is 0 Å². The fraction of sp³-hybridized carbons (Fsp3) is 0.111. The smallest absolute Gasteiger partial charge is 0.243 e. The maximum atomic E-state index is 11.2. The Bertz CT molecular complexity index is 326. The Balaban J connectivity index is 2.38. The summed E-state index contributed by atoms with van der Waals surface area (Å²) in [7, 11) is 0. The van der Waals surface area contributed by atoms with E-state index in [0.717, 1.165) is 5.69 Å². The Morgan fingerprint density at radius 3 is 2.57 bits per heavy atom. The molecule has 5 heteroatoms. The second kappa shape index (κ2) is 5.18. The second-order valence-electron chi connectivity index (χ2n) is 2.63. The molecular weight excluding hydrogens is 198 g/mol. The number of amides is 1. The number of nitrogens with two attached hydrogens (primary N) is 1. The van der Waals surface area contributed by atoms with Crippen LogP contribution in [0.4, 0.5) is 5.69 Å². The van der Waals surface area contributed by atoms with Crippen LogP contribution < -0.4 is 16.4 Å². The predicted octanol–water partition coefficient (Wildman–Crippen LogP) is 0.458. The topological polar surface area (TPSA) is 67.1 Å². The van der Waals surface area contributed by atoms with E-state index in [9.17, 15) is 4.79 Å². The number of benzene rings is 1. The number of carbonyl (C=O) groups excluding carboxylic acids is 1. The van der Waals surface area contributed by atoms with E-state index < -0.39 is 0 Å². The molecular formula is C9H11N3OS. The summed E-state index contributed by atoms with van der Waals surface area (Å²) in [5.41, 5.74) is 5.93. The first-order chi connectivity index (χ1) is 6.68. The lowest BCUT2D eigenvalue weighted by Crippen LogP contribution is -2.36. The van der Waals surface area contributed by atoms with Gasteiger partial charge in [-0.1, -0.05) is 18.2 Å². The standard InChI is InChI=1S/C9H11N3OS/c10-9(14)11-6-8(13)12-7-4-2-1-3-5-7/h1-5H,6H2,(H,12,13)(H3,10,11,14). The van der Waals surface area contributed by atoms with Crippen LogP contribution >= 0.6 is 12.2 Å². The maximum absolute atomic E-state index is 11.2. The van der Waals surface area contributed by atoms with Crippen molar-refractivity contribution in [2.75, 3.05) is 11.9 Å². The summed E-state index contributed by atoms with van der Waals surface area (Å²) in [4.78, 5) is 11.2. The van der Waals surface area contributed by atoms with Crippen molar-refractivity contribution in [3.8, 4) is 0 Å². The maximum Gasteiger partial charge on any atom is 0.243 e. The minimum atomic E-state index is -0.177. The van der Waals surface area contributed by atoms with E-state index in [1.807, 2.05) is 18.2 Å². The van der Waals surface area contributed by atoms with E-state index in [1.165, 1.54) is 0 Å². The van der Waals surface area contributed by atoms with Crippen LogP contribution in [-0.2, 0) is 4.79 Å². The largest absolute Gasteiger partial charge is 0.376 e. The molecule has 0 saturated carbocycles. The van der Waals surface area contributed by atoms with Crippen molar-refractivity contribution in [2.24, 2.45) is 5.73 Å². The zero-order chi connectivity index (χ0) is 10.4. The minimum Gasteiger partial charge on any atom is -0.376 e. The lowest BCUT2D eigenvalue weighted by molar-refractivity contribution is -0.115. The van der Waals surface area contributed by atoms with Gasteiger partial charge < -0.3 is 16.4 Å². The zero-order valence-electron chi connectivity index (χ0n) is 7.49. The summed E-state index contributed by atoms with van der Waals surface area (Å²) in [6, 6.07) is 9.17. The van der Waals surface area contributed by atoms with E-state index in [0.29, 0.717) is 0 Å². The first-order valence-electron chi connectivity index (χ1n) is 4.06. The molecule has 0 unspecified atom stereocenters. The number of thiocarbonyl (C=S) groups is 1. The molecule has 0 saturated heterocycles. The molecule has 0 aromatic heterocycles. The summed E-state index contributed by atoms with van der Waals surface area (Å²) in [5.74, 6) is -0.177. The summed E-state index contributed by atoms with van der Waals surface area (Å²) in [6.45, 7) is 0.0875. The van der Waals surface area contributed by atoms with Crippen molar-refractivity contribution >= 4 is 28.9 Å². The highest BCUT2D eigenvalue weighted by molar-refractivity contribution is 7.80. The van der Waals surface area contributed by atoms with Gasteiger partial charge in [0.25, 0.3) is 0 Å². The quantitative estimate of drug-likeness (QED) is 0.633. The molecule has 1 aromatic rings. The third-order valence-corrected chi connectivity index (χ3v) is 1.63. The lowest BCUT2D eigenvalue weighted by atomic mass is 10.3. The number of nitrogens with one attached hydrogen (secondary N) is 2. The molecule has 0 aliphatic heterocycles. The predicted molar refractivity (Wildman–Crippen MR) is 59.9 cm³/mol. The van der Waals surface area contributed by atoms with E-state index in [1.54, 1.807) is 12.1 Å². The van der Waals surface area contributed by atoms with Crippen molar-refractivity contribution in [1.82, 2.24) is 5.32 Å². The van der Waals surface area contributed by atoms with Crippen molar-refractivity contribution in [3.05, 3.63) is 30.3 Å². The lowest BCUT2D eigenvalue weighted by Gasteiger charge is -2.05. The number of carbonyl (C=O) groups is 1. The Labute approximate surface area is 87.5 Å². The molecule has 74 valence electrons. The number of anilines is 1. The van der Waals surface area contributed by atoms with Crippen LogP contribution in [0.2, 0.25) is 0 Å². The monoisotopic (exact) mass is 209 g/mol. The summed E-state index contributed by atoms with van der Waals surface area (Å²) in [5, 5.41) is 5.36. The molecule has 0 spiro atoms. The van der Waals surface area contributed by atoms with Crippen LogP contribution in [0, 0.1) is 0 Å². The summed E-state index contributed by atoms with van der Waals surface area (Å²) in [6.07, 6.45) is 0. The highest BCUT2D eigenvalue weighted by Gasteiger charge is 2.00. The average Bonchev–Trinajstić information content (AvgIpc) is 2.16. The minimum absolute atomic E-state index is 0.0875. The van der Waals surface area contributed by atoms with Gasteiger partial charge in [0.05, 0.1) is 6.54 Å². The van der Waals surface area contributed by atoms with Gasteiger partial charge in [-0.15, -0.1) is 0 Å². The number of hydrogen-bond acceptors (Lipinski definition) is 2. The van der Waals surface area contributed by atoms with Crippen molar-refractivity contribution in [3.63, 3.8) is 0 Å². The molecule has 1 amide bonds. The molecule has 4 N–H and O–H groups in total. The van der Waals surface area contributed by atoms with E-state index in [2.05, 4.69) is 22.9 Å². The van der Waals surface area contributed by atoms with E-state index in [4.69, 9.17) is 5.73 Å². The highest BCUT2D eigenvalue weighted by Crippen LogP contribution is 2.03. The molecule has 1 aromatic carbocycles. The highest BCUT2D eigenvalue weighted by atomic mass is 32.1. The SMILES string of the molecule is NC(=S)NCC(=O)Nc1ccccc1. The molecule has 0 heterocycles. The van der Waals surface area contributed by atoms with Gasteiger partial charge in [0.2, 0.25) is 5.91 Å². The number of hydrogen-bond donors (Lipinski definition) is 3. The van der Waals surface area contributed by atoms with Crippen molar-refractivity contribution in [2.45, 2.75) is 0 Å². The Kier molecular flexibility index (Phi) is 3.87. The first kappa shape index (κ1) is 10.5. The molecule has 1 rings (SSSR count). The summed E-state index contributed by atoms with van der Waals surface area (Å²) < 4.78 is 0. The second-order valence-corrected chi connectivity index (χ2v) is 3.07. The fourth-order valence-corrected chi connectivity index (χ4v) is 0.966. The van der Waals surface area contributed by atoms with E-state index in [-0.39, 0.29) is 17.6 Å². The Morgan fingerprint density at radius 2 is 2.00 bits per heavy atom. The van der Waals surface area contributed by atoms with Gasteiger partial charge in [0.15, 0.2) is 5.11 Å². The van der Waals surface area contributed by atoms with Gasteiger partial charge in [-0.05, 0) is 24.4 Å². The van der Waals surface area contributed by atoms with Crippen LogP contribution in [-0.4, -0.2) is 17.6 Å². The molecule has 0 radical (unpaired) electrons. The van der Waals surface area contributed by atoms with Gasteiger partial charge in [0, 0.05) is 5.69 Å². The van der Waals surface area contributed by atoms with Gasteiger partial charge in [-0.25, -0.2) is 0 Å². The Morgan fingerprint density at radius 1 is 1.36 bits per heavy atom. The third kappa shape index (κ3) is 3.86. The van der Waals surface area contributed by atoms with E-state index >= 15 is 0 Å². The summed E-state index contributed by atoms with van der Waals surface area (Å²) >= 11 is 4.57. The van der Waals surface area contributed by atoms with Crippen LogP contribution in [0.5, 0.6) is 0 Å². The molecule has 0 atom stereocenters. The molecule has 0 aliphatic rings. The number of rotatable bonds is 3. The normalized spacial score (nSPS) is 9.14. The molecule has 0 fully saturated rings. The van der Waals surface area contributed by atoms with Gasteiger partial charge >= 0.3 is 0 Å². The molecule has 0 aliphatic carbocycles. The average molecular weight is 209 g/mol.